The van der Waals surface area contributed by atoms with Gasteiger partial charge in [0.1, 0.15) is 0 Å². The molecule has 0 unspecified atom stereocenters. The number of nitrogens with zero attached hydrogens (tertiary/aromatic N) is 1. The molecule has 1 heterocycles. The van der Waals surface area contributed by atoms with Crippen molar-refractivity contribution in [3.05, 3.63) is 53.3 Å². The second-order valence-electron chi connectivity index (χ2n) is 4.70. The summed E-state index contributed by atoms with van der Waals surface area (Å²) in [7, 11) is 0. The highest BCUT2D eigenvalue weighted by Crippen LogP contribution is 2.20. The van der Waals surface area contributed by atoms with Crippen LogP contribution in [0.1, 0.15) is 36.7 Å². The smallest absolute Gasteiger partial charge is 0.0455 e. The number of rotatable bonds is 2. The van der Waals surface area contributed by atoms with Gasteiger partial charge in [0, 0.05) is 17.1 Å². The van der Waals surface area contributed by atoms with Crippen LogP contribution in [0.5, 0.6) is 0 Å². The van der Waals surface area contributed by atoms with Crippen molar-refractivity contribution in [2.24, 2.45) is 0 Å². The SMILES string of the molecule is Cc1ccc(C)n1-c1ccc(C(C)C)cc1. The normalized spacial score (nSPS) is 11.1. The fraction of sp³-hybridized carbons (Fsp3) is 0.333. The third-order valence-electron chi connectivity index (χ3n) is 3.09. The van der Waals surface area contributed by atoms with Crippen LogP contribution in [0.4, 0.5) is 0 Å². The molecule has 1 aromatic carbocycles. The molecule has 0 saturated heterocycles. The Bertz CT molecular complexity index is 455. The first-order chi connectivity index (χ1) is 7.59. The second-order valence-corrected chi connectivity index (χ2v) is 4.70. The van der Waals surface area contributed by atoms with Crippen molar-refractivity contribution in [1.29, 1.82) is 0 Å². The summed E-state index contributed by atoms with van der Waals surface area (Å²) in [4.78, 5) is 0. The van der Waals surface area contributed by atoms with E-state index in [1.54, 1.807) is 0 Å². The molecule has 0 spiro atoms. The lowest BCUT2D eigenvalue weighted by molar-refractivity contribution is 0.863. The first kappa shape index (κ1) is 11.0. The van der Waals surface area contributed by atoms with E-state index in [0.717, 1.165) is 0 Å². The number of hydrogen-bond acceptors (Lipinski definition) is 0. The Morgan fingerprint density at radius 1 is 0.812 bits per heavy atom. The van der Waals surface area contributed by atoms with Gasteiger partial charge in [-0.05, 0) is 49.6 Å². The van der Waals surface area contributed by atoms with Crippen LogP contribution in [-0.2, 0) is 0 Å². The first-order valence-corrected chi connectivity index (χ1v) is 5.85. The Balaban J connectivity index is 2.42. The van der Waals surface area contributed by atoms with Crippen molar-refractivity contribution < 1.29 is 0 Å². The zero-order chi connectivity index (χ0) is 11.7. The van der Waals surface area contributed by atoms with E-state index in [4.69, 9.17) is 0 Å². The largest absolute Gasteiger partial charge is 0.319 e. The topological polar surface area (TPSA) is 4.93 Å². The molecule has 0 bridgehead atoms. The van der Waals surface area contributed by atoms with Crippen molar-refractivity contribution in [2.75, 3.05) is 0 Å². The number of aryl methyl sites for hydroxylation is 2. The Morgan fingerprint density at radius 3 is 1.75 bits per heavy atom. The predicted molar refractivity (Wildman–Crippen MR) is 69.3 cm³/mol. The van der Waals surface area contributed by atoms with E-state index in [1.165, 1.54) is 22.6 Å². The molecular weight excluding hydrogens is 194 g/mol. The molecule has 0 radical (unpaired) electrons. The molecule has 16 heavy (non-hydrogen) atoms. The van der Waals surface area contributed by atoms with Crippen molar-refractivity contribution in [2.45, 2.75) is 33.6 Å². The molecule has 0 atom stereocenters. The predicted octanol–water partition coefficient (Wildman–Crippen LogP) is 4.22. The third-order valence-corrected chi connectivity index (χ3v) is 3.09. The maximum atomic E-state index is 2.28. The standard InChI is InChI=1S/C15H19N/c1-11(2)14-7-9-15(10-8-14)16-12(3)5-6-13(16)4/h5-11H,1-4H3. The van der Waals surface area contributed by atoms with E-state index in [9.17, 15) is 0 Å². The van der Waals surface area contributed by atoms with Gasteiger partial charge in [0.2, 0.25) is 0 Å². The molecule has 0 aliphatic heterocycles. The van der Waals surface area contributed by atoms with Gasteiger partial charge in [0.05, 0.1) is 0 Å². The van der Waals surface area contributed by atoms with E-state index >= 15 is 0 Å². The second kappa shape index (κ2) is 4.17. The lowest BCUT2D eigenvalue weighted by Gasteiger charge is -2.11. The summed E-state index contributed by atoms with van der Waals surface area (Å²) in [5.74, 6) is 0.598. The van der Waals surface area contributed by atoms with Gasteiger partial charge in [0.15, 0.2) is 0 Å². The third kappa shape index (κ3) is 1.90. The maximum Gasteiger partial charge on any atom is 0.0455 e. The number of aromatic nitrogens is 1. The van der Waals surface area contributed by atoms with E-state index in [0.29, 0.717) is 5.92 Å². The van der Waals surface area contributed by atoms with Crippen LogP contribution in [0.15, 0.2) is 36.4 Å². The summed E-state index contributed by atoms with van der Waals surface area (Å²) in [5.41, 5.74) is 5.22. The minimum absolute atomic E-state index is 0.598. The first-order valence-electron chi connectivity index (χ1n) is 5.85. The van der Waals surface area contributed by atoms with E-state index in [2.05, 4.69) is 68.7 Å². The molecule has 1 nitrogen and oxygen atoms in total. The molecule has 0 amide bonds. The highest BCUT2D eigenvalue weighted by molar-refractivity contribution is 5.39. The molecular formula is C15H19N. The molecule has 0 saturated carbocycles. The Hall–Kier alpha value is -1.50. The van der Waals surface area contributed by atoms with Crippen molar-refractivity contribution >= 4 is 0 Å². The molecule has 1 heteroatoms. The van der Waals surface area contributed by atoms with Gasteiger partial charge in [-0.2, -0.15) is 0 Å². The summed E-state index contributed by atoms with van der Waals surface area (Å²) in [6.45, 7) is 8.73. The fourth-order valence-electron chi connectivity index (χ4n) is 2.08. The Labute approximate surface area is 97.7 Å². The van der Waals surface area contributed by atoms with E-state index < -0.39 is 0 Å². The van der Waals surface area contributed by atoms with Gasteiger partial charge in [-0.1, -0.05) is 26.0 Å². The summed E-state index contributed by atoms with van der Waals surface area (Å²) >= 11 is 0. The van der Waals surface area contributed by atoms with Crippen molar-refractivity contribution in [1.82, 2.24) is 4.57 Å². The average molecular weight is 213 g/mol. The molecule has 1 aromatic heterocycles. The maximum absolute atomic E-state index is 2.28. The van der Waals surface area contributed by atoms with Crippen LogP contribution >= 0.6 is 0 Å². The quantitative estimate of drug-likeness (QED) is 0.704. The monoisotopic (exact) mass is 213 g/mol. The van der Waals surface area contributed by atoms with Crippen LogP contribution < -0.4 is 0 Å². The van der Waals surface area contributed by atoms with Crippen LogP contribution in [0.3, 0.4) is 0 Å². The molecule has 0 aliphatic rings. The zero-order valence-corrected chi connectivity index (χ0v) is 10.5. The molecule has 0 N–H and O–H groups in total. The van der Waals surface area contributed by atoms with Gasteiger partial charge < -0.3 is 4.57 Å². The minimum Gasteiger partial charge on any atom is -0.319 e. The van der Waals surface area contributed by atoms with Gasteiger partial charge in [0.25, 0.3) is 0 Å². The van der Waals surface area contributed by atoms with Gasteiger partial charge in [-0.25, -0.2) is 0 Å². The zero-order valence-electron chi connectivity index (χ0n) is 10.5. The van der Waals surface area contributed by atoms with Crippen molar-refractivity contribution in [3.8, 4) is 5.69 Å². The lowest BCUT2D eigenvalue weighted by atomic mass is 10.0. The average Bonchev–Trinajstić information content (AvgIpc) is 2.59. The number of hydrogen-bond donors (Lipinski definition) is 0. The van der Waals surface area contributed by atoms with E-state index in [1.807, 2.05) is 0 Å². The van der Waals surface area contributed by atoms with Gasteiger partial charge in [-0.3, -0.25) is 0 Å². The highest BCUT2D eigenvalue weighted by atomic mass is 15.0. The molecule has 2 rings (SSSR count). The summed E-state index contributed by atoms with van der Waals surface area (Å²) in [5, 5.41) is 0. The van der Waals surface area contributed by atoms with Crippen molar-refractivity contribution in [3.63, 3.8) is 0 Å². The summed E-state index contributed by atoms with van der Waals surface area (Å²) < 4.78 is 2.28. The summed E-state index contributed by atoms with van der Waals surface area (Å²) in [6.07, 6.45) is 0. The van der Waals surface area contributed by atoms with E-state index in [-0.39, 0.29) is 0 Å². The molecule has 0 aliphatic carbocycles. The van der Waals surface area contributed by atoms with Crippen LogP contribution in [0, 0.1) is 13.8 Å². The van der Waals surface area contributed by atoms with Crippen LogP contribution in [0.2, 0.25) is 0 Å². The Kier molecular flexibility index (Phi) is 2.86. The highest BCUT2D eigenvalue weighted by Gasteiger charge is 2.04. The molecule has 2 aromatic rings. The van der Waals surface area contributed by atoms with Crippen LogP contribution in [-0.4, -0.2) is 4.57 Å². The molecule has 84 valence electrons. The van der Waals surface area contributed by atoms with Gasteiger partial charge in [-0.15, -0.1) is 0 Å². The number of benzene rings is 1. The van der Waals surface area contributed by atoms with Gasteiger partial charge >= 0.3 is 0 Å². The minimum atomic E-state index is 0.598. The van der Waals surface area contributed by atoms with Crippen LogP contribution in [0.25, 0.3) is 5.69 Å². The Morgan fingerprint density at radius 2 is 1.31 bits per heavy atom. The summed E-state index contributed by atoms with van der Waals surface area (Å²) in [6, 6.07) is 13.2. The fourth-order valence-corrected chi connectivity index (χ4v) is 2.08. The molecule has 0 fully saturated rings. The lowest BCUT2D eigenvalue weighted by Crippen LogP contribution is -1.99.